The lowest BCUT2D eigenvalue weighted by Gasteiger charge is -2.35. The van der Waals surface area contributed by atoms with E-state index in [1.165, 1.54) is 12.3 Å². The summed E-state index contributed by atoms with van der Waals surface area (Å²) < 4.78 is 0. The van der Waals surface area contributed by atoms with Gasteiger partial charge >= 0.3 is 5.97 Å². The van der Waals surface area contributed by atoms with Gasteiger partial charge in [0.25, 0.3) is 5.91 Å². The maximum Gasteiger partial charge on any atom is 0.339 e. The number of nitrogens with zero attached hydrogens (tertiary/aromatic N) is 5. The molecular weight excluding hydrogens is 420 g/mol. The van der Waals surface area contributed by atoms with Gasteiger partial charge in [0.15, 0.2) is 0 Å². The number of aromatic carboxylic acids is 1. The van der Waals surface area contributed by atoms with Gasteiger partial charge < -0.3 is 20.2 Å². The van der Waals surface area contributed by atoms with Gasteiger partial charge in [-0.15, -0.1) is 0 Å². The number of hydrogen-bond acceptors (Lipinski definition) is 7. The Labute approximate surface area is 183 Å². The molecular formula is C21H19ClN6O3. The first-order valence-electron chi connectivity index (χ1n) is 9.59. The maximum atomic E-state index is 12.5. The third kappa shape index (κ3) is 4.56. The number of rotatable bonds is 5. The van der Waals surface area contributed by atoms with E-state index in [0.29, 0.717) is 48.5 Å². The number of carbonyl (C=O) groups excluding carboxylic acids is 1. The fraction of sp³-hybridized carbons (Fsp3) is 0.190. The van der Waals surface area contributed by atoms with Gasteiger partial charge in [-0.25, -0.2) is 19.7 Å². The molecule has 1 saturated heterocycles. The van der Waals surface area contributed by atoms with Crippen LogP contribution in [0, 0.1) is 0 Å². The molecule has 1 aliphatic rings. The third-order valence-electron chi connectivity index (χ3n) is 4.89. The van der Waals surface area contributed by atoms with E-state index >= 15 is 0 Å². The number of hydrogen-bond donors (Lipinski definition) is 2. The van der Waals surface area contributed by atoms with E-state index < -0.39 is 11.9 Å². The molecule has 1 aromatic carbocycles. The molecule has 3 aromatic rings. The van der Waals surface area contributed by atoms with E-state index in [1.54, 1.807) is 42.7 Å². The van der Waals surface area contributed by atoms with Crippen molar-refractivity contribution in [2.24, 2.45) is 0 Å². The summed E-state index contributed by atoms with van der Waals surface area (Å²) in [6, 6.07) is 9.79. The fourth-order valence-electron chi connectivity index (χ4n) is 3.35. The first kappa shape index (κ1) is 20.5. The molecule has 31 heavy (non-hydrogen) atoms. The monoisotopic (exact) mass is 438 g/mol. The average Bonchev–Trinajstić information content (AvgIpc) is 2.80. The number of halogens is 1. The smallest absolute Gasteiger partial charge is 0.339 e. The largest absolute Gasteiger partial charge is 0.478 e. The van der Waals surface area contributed by atoms with Crippen LogP contribution in [0.2, 0.25) is 5.02 Å². The van der Waals surface area contributed by atoms with E-state index in [0.717, 1.165) is 0 Å². The highest BCUT2D eigenvalue weighted by Gasteiger charge is 2.24. The molecule has 3 heterocycles. The van der Waals surface area contributed by atoms with Crippen molar-refractivity contribution in [3.05, 3.63) is 71.1 Å². The van der Waals surface area contributed by atoms with Crippen molar-refractivity contribution in [1.29, 1.82) is 0 Å². The second-order valence-electron chi connectivity index (χ2n) is 6.86. The van der Waals surface area contributed by atoms with Crippen molar-refractivity contribution >= 4 is 40.9 Å². The van der Waals surface area contributed by atoms with Crippen LogP contribution in [0.4, 0.5) is 17.5 Å². The predicted molar refractivity (Wildman–Crippen MR) is 117 cm³/mol. The molecule has 0 radical (unpaired) electrons. The van der Waals surface area contributed by atoms with Gasteiger partial charge in [-0.2, -0.15) is 0 Å². The number of amides is 1. The van der Waals surface area contributed by atoms with Gasteiger partial charge in [0.1, 0.15) is 11.4 Å². The number of anilines is 3. The zero-order valence-corrected chi connectivity index (χ0v) is 17.2. The number of piperazine rings is 1. The molecule has 4 rings (SSSR count). The minimum atomic E-state index is -1.12. The number of carboxylic acids is 1. The van der Waals surface area contributed by atoms with E-state index in [-0.39, 0.29) is 11.3 Å². The molecule has 0 bridgehead atoms. The van der Waals surface area contributed by atoms with E-state index in [4.69, 9.17) is 11.6 Å². The highest BCUT2D eigenvalue weighted by atomic mass is 35.5. The molecule has 1 aliphatic heterocycles. The second kappa shape index (κ2) is 8.97. The number of benzene rings is 1. The Balaban J connectivity index is 1.50. The Hall–Kier alpha value is -3.72. The van der Waals surface area contributed by atoms with Crippen molar-refractivity contribution in [2.45, 2.75) is 0 Å². The van der Waals surface area contributed by atoms with Crippen LogP contribution < -0.4 is 15.1 Å². The Kier molecular flexibility index (Phi) is 5.94. The summed E-state index contributed by atoms with van der Waals surface area (Å²) in [5, 5.41) is 12.7. The van der Waals surface area contributed by atoms with Crippen LogP contribution in [-0.4, -0.2) is 58.1 Å². The van der Waals surface area contributed by atoms with E-state index in [1.807, 2.05) is 9.80 Å². The molecule has 0 spiro atoms. The van der Waals surface area contributed by atoms with Crippen LogP contribution in [0.1, 0.15) is 20.7 Å². The van der Waals surface area contributed by atoms with Crippen LogP contribution in [0.5, 0.6) is 0 Å². The fourth-order valence-corrected chi connectivity index (χ4v) is 3.57. The average molecular weight is 439 g/mol. The Morgan fingerprint density at radius 3 is 2.29 bits per heavy atom. The summed E-state index contributed by atoms with van der Waals surface area (Å²) in [5.41, 5.74) is 0.591. The molecule has 10 heteroatoms. The number of aromatic nitrogens is 3. The first-order valence-corrected chi connectivity index (χ1v) is 9.97. The van der Waals surface area contributed by atoms with E-state index in [2.05, 4.69) is 20.3 Å². The van der Waals surface area contributed by atoms with Gasteiger partial charge in [-0.05, 0) is 24.3 Å². The molecule has 9 nitrogen and oxygen atoms in total. The minimum absolute atomic E-state index is 0.0152. The van der Waals surface area contributed by atoms with Crippen molar-refractivity contribution < 1.29 is 14.7 Å². The standard InChI is InChI=1S/C21H19ClN6O3/c22-17-5-2-1-4-15(17)19(29)26-14-12-16(20(30)31)18(25-13-14)27-8-10-28(11-9-27)21-23-6-3-7-24-21/h1-7,12-13H,8-11H2,(H,26,29)(H,30,31). The van der Waals surface area contributed by atoms with Crippen LogP contribution >= 0.6 is 11.6 Å². The SMILES string of the molecule is O=C(Nc1cnc(N2CCN(c3ncccn3)CC2)c(C(=O)O)c1)c1ccccc1Cl. The van der Waals surface area contributed by atoms with Crippen LogP contribution in [0.15, 0.2) is 55.0 Å². The van der Waals surface area contributed by atoms with Gasteiger partial charge in [0.05, 0.1) is 22.5 Å². The molecule has 0 unspecified atom stereocenters. The summed E-state index contributed by atoms with van der Waals surface area (Å²) in [5.74, 6) is -0.554. The summed E-state index contributed by atoms with van der Waals surface area (Å²) in [6.45, 7) is 2.40. The minimum Gasteiger partial charge on any atom is -0.478 e. The number of carboxylic acid groups (broad SMARTS) is 1. The first-order chi connectivity index (χ1) is 15.0. The van der Waals surface area contributed by atoms with E-state index in [9.17, 15) is 14.7 Å². The molecule has 0 saturated carbocycles. The topological polar surface area (TPSA) is 112 Å². The van der Waals surface area contributed by atoms with Crippen molar-refractivity contribution in [2.75, 3.05) is 41.3 Å². The molecule has 0 aliphatic carbocycles. The van der Waals surface area contributed by atoms with Crippen molar-refractivity contribution in [3.8, 4) is 0 Å². The van der Waals surface area contributed by atoms with Crippen molar-refractivity contribution in [1.82, 2.24) is 15.0 Å². The van der Waals surface area contributed by atoms with Gasteiger partial charge in [-0.1, -0.05) is 23.7 Å². The number of pyridine rings is 1. The van der Waals surface area contributed by atoms with Gasteiger partial charge in [0.2, 0.25) is 5.95 Å². The second-order valence-corrected chi connectivity index (χ2v) is 7.26. The zero-order chi connectivity index (χ0) is 21.8. The predicted octanol–water partition coefficient (Wildman–Crippen LogP) is 2.80. The van der Waals surface area contributed by atoms with Crippen LogP contribution in [0.3, 0.4) is 0 Å². The summed E-state index contributed by atoms with van der Waals surface area (Å²) in [6.07, 6.45) is 4.83. The molecule has 1 fully saturated rings. The third-order valence-corrected chi connectivity index (χ3v) is 5.22. The quantitative estimate of drug-likeness (QED) is 0.625. The normalized spacial score (nSPS) is 13.7. The Morgan fingerprint density at radius 1 is 0.935 bits per heavy atom. The van der Waals surface area contributed by atoms with Gasteiger partial charge in [0, 0.05) is 38.6 Å². The molecule has 0 atom stereocenters. The Morgan fingerprint density at radius 2 is 1.61 bits per heavy atom. The summed E-state index contributed by atoms with van der Waals surface area (Å²) in [4.78, 5) is 41.1. The number of nitrogens with one attached hydrogen (secondary N) is 1. The molecule has 158 valence electrons. The maximum absolute atomic E-state index is 12.5. The lowest BCUT2D eigenvalue weighted by molar-refractivity contribution is 0.0696. The molecule has 1 amide bonds. The number of carbonyl (C=O) groups is 2. The van der Waals surface area contributed by atoms with Crippen LogP contribution in [0.25, 0.3) is 0 Å². The highest BCUT2D eigenvalue weighted by Crippen LogP contribution is 2.24. The lowest BCUT2D eigenvalue weighted by atomic mass is 10.2. The zero-order valence-electron chi connectivity index (χ0n) is 16.4. The van der Waals surface area contributed by atoms with Crippen molar-refractivity contribution in [3.63, 3.8) is 0 Å². The molecule has 2 N–H and O–H groups in total. The molecule has 2 aromatic heterocycles. The summed E-state index contributed by atoms with van der Waals surface area (Å²) >= 11 is 6.06. The Bertz CT molecular complexity index is 1100. The summed E-state index contributed by atoms with van der Waals surface area (Å²) in [7, 11) is 0. The highest BCUT2D eigenvalue weighted by molar-refractivity contribution is 6.34. The lowest BCUT2D eigenvalue weighted by Crippen LogP contribution is -2.47. The van der Waals surface area contributed by atoms with Crippen LogP contribution in [-0.2, 0) is 0 Å². The van der Waals surface area contributed by atoms with Gasteiger partial charge in [-0.3, -0.25) is 4.79 Å².